The van der Waals surface area contributed by atoms with Crippen molar-refractivity contribution in [1.82, 2.24) is 5.32 Å². The van der Waals surface area contributed by atoms with Crippen molar-refractivity contribution in [3.05, 3.63) is 53.6 Å². The number of methoxy groups -OCH3 is 1. The Kier molecular flexibility index (Phi) is 5.31. The lowest BCUT2D eigenvalue weighted by molar-refractivity contribution is -0.128. The fraction of sp³-hybridized carbons (Fsp3) is 0.409. The first-order valence-electron chi connectivity index (χ1n) is 9.18. The molecule has 27 heavy (non-hydrogen) atoms. The van der Waals surface area contributed by atoms with Crippen LogP contribution >= 0.6 is 0 Å². The molecule has 1 aliphatic heterocycles. The quantitative estimate of drug-likeness (QED) is 0.859. The third-order valence-corrected chi connectivity index (χ3v) is 4.68. The standard InChI is InChI=1S/C22H27NO4/c1-14-6-11-18-19(13-22(3,4)27-20(18)12-14)23-21(24)15(2)26-17-9-7-16(25-5)8-10-17/h6-12,15,19H,13H2,1-5H3,(H,23,24)/t15-,19-/m0/s1. The van der Waals surface area contributed by atoms with Crippen LogP contribution in [0.5, 0.6) is 17.2 Å². The van der Waals surface area contributed by atoms with Crippen molar-refractivity contribution in [2.24, 2.45) is 0 Å². The smallest absolute Gasteiger partial charge is 0.261 e. The van der Waals surface area contributed by atoms with Crippen LogP contribution in [0.3, 0.4) is 0 Å². The molecule has 5 heteroatoms. The van der Waals surface area contributed by atoms with Gasteiger partial charge in [0.05, 0.1) is 13.2 Å². The summed E-state index contributed by atoms with van der Waals surface area (Å²) in [5.41, 5.74) is 1.79. The molecule has 0 spiro atoms. The van der Waals surface area contributed by atoms with E-state index in [-0.39, 0.29) is 17.6 Å². The summed E-state index contributed by atoms with van der Waals surface area (Å²) in [6.45, 7) is 7.85. The zero-order chi connectivity index (χ0) is 19.6. The lowest BCUT2D eigenvalue weighted by atomic mass is 9.89. The zero-order valence-corrected chi connectivity index (χ0v) is 16.5. The van der Waals surface area contributed by atoms with Crippen LogP contribution in [0.25, 0.3) is 0 Å². The fourth-order valence-corrected chi connectivity index (χ4v) is 3.29. The van der Waals surface area contributed by atoms with E-state index in [0.717, 1.165) is 22.6 Å². The zero-order valence-electron chi connectivity index (χ0n) is 16.5. The molecule has 0 radical (unpaired) electrons. The van der Waals surface area contributed by atoms with Gasteiger partial charge in [0, 0.05) is 12.0 Å². The normalized spacial score (nSPS) is 18.6. The number of carbonyl (C=O) groups excluding carboxylic acids is 1. The Morgan fingerprint density at radius 3 is 2.52 bits per heavy atom. The van der Waals surface area contributed by atoms with Gasteiger partial charge in [-0.25, -0.2) is 0 Å². The number of aryl methyl sites for hydroxylation is 1. The molecule has 0 saturated heterocycles. The molecule has 0 saturated carbocycles. The summed E-state index contributed by atoms with van der Waals surface area (Å²) in [4.78, 5) is 12.7. The van der Waals surface area contributed by atoms with Crippen LogP contribution in [-0.4, -0.2) is 24.7 Å². The van der Waals surface area contributed by atoms with E-state index in [1.807, 2.05) is 39.0 Å². The van der Waals surface area contributed by atoms with E-state index < -0.39 is 6.10 Å². The van der Waals surface area contributed by atoms with Gasteiger partial charge in [-0.3, -0.25) is 4.79 Å². The van der Waals surface area contributed by atoms with Crippen molar-refractivity contribution in [1.29, 1.82) is 0 Å². The maximum Gasteiger partial charge on any atom is 0.261 e. The van der Waals surface area contributed by atoms with Crippen molar-refractivity contribution in [3.63, 3.8) is 0 Å². The van der Waals surface area contributed by atoms with Crippen LogP contribution in [0.1, 0.15) is 44.4 Å². The van der Waals surface area contributed by atoms with E-state index >= 15 is 0 Å². The average molecular weight is 369 g/mol. The Morgan fingerprint density at radius 1 is 1.19 bits per heavy atom. The highest BCUT2D eigenvalue weighted by molar-refractivity contribution is 5.81. The molecular weight excluding hydrogens is 342 g/mol. The molecule has 2 aromatic carbocycles. The molecule has 3 rings (SSSR count). The average Bonchev–Trinajstić information content (AvgIpc) is 2.60. The summed E-state index contributed by atoms with van der Waals surface area (Å²) in [6, 6.07) is 13.2. The lowest BCUT2D eigenvalue weighted by Gasteiger charge is -2.38. The number of rotatable bonds is 5. The number of carbonyl (C=O) groups is 1. The highest BCUT2D eigenvalue weighted by Gasteiger charge is 2.35. The molecule has 144 valence electrons. The monoisotopic (exact) mass is 369 g/mol. The molecule has 5 nitrogen and oxygen atoms in total. The van der Waals surface area contributed by atoms with E-state index in [1.54, 1.807) is 38.3 Å². The van der Waals surface area contributed by atoms with Crippen LogP contribution in [-0.2, 0) is 4.79 Å². The lowest BCUT2D eigenvalue weighted by Crippen LogP contribution is -2.44. The molecule has 0 aromatic heterocycles. The third kappa shape index (κ3) is 4.54. The van der Waals surface area contributed by atoms with Gasteiger partial charge in [0.25, 0.3) is 5.91 Å². The number of amides is 1. The predicted molar refractivity (Wildman–Crippen MR) is 104 cm³/mol. The summed E-state index contributed by atoms with van der Waals surface area (Å²) in [6.07, 6.45) is 0.0857. The summed E-state index contributed by atoms with van der Waals surface area (Å²) >= 11 is 0. The Labute approximate surface area is 160 Å². The minimum Gasteiger partial charge on any atom is -0.497 e. The topological polar surface area (TPSA) is 56.8 Å². The van der Waals surface area contributed by atoms with Crippen molar-refractivity contribution >= 4 is 5.91 Å². The molecule has 0 bridgehead atoms. The van der Waals surface area contributed by atoms with Gasteiger partial charge < -0.3 is 19.5 Å². The minimum atomic E-state index is -0.613. The summed E-state index contributed by atoms with van der Waals surface area (Å²) in [5.74, 6) is 2.05. The fourth-order valence-electron chi connectivity index (χ4n) is 3.29. The second-order valence-corrected chi connectivity index (χ2v) is 7.60. The van der Waals surface area contributed by atoms with E-state index in [4.69, 9.17) is 14.2 Å². The number of fused-ring (bicyclic) bond motifs is 1. The molecule has 0 aliphatic carbocycles. The van der Waals surface area contributed by atoms with Crippen LogP contribution in [0.2, 0.25) is 0 Å². The van der Waals surface area contributed by atoms with Gasteiger partial charge in [-0.15, -0.1) is 0 Å². The van der Waals surface area contributed by atoms with E-state index in [1.165, 1.54) is 0 Å². The van der Waals surface area contributed by atoms with Gasteiger partial charge in [0.1, 0.15) is 22.8 Å². The van der Waals surface area contributed by atoms with E-state index in [2.05, 4.69) is 5.32 Å². The van der Waals surface area contributed by atoms with Crippen LogP contribution in [0, 0.1) is 6.92 Å². The Hall–Kier alpha value is -2.69. The number of ether oxygens (including phenoxy) is 3. The number of hydrogen-bond acceptors (Lipinski definition) is 4. The molecule has 0 fully saturated rings. The number of nitrogens with one attached hydrogen (secondary N) is 1. The van der Waals surface area contributed by atoms with Gasteiger partial charge in [0.2, 0.25) is 0 Å². The summed E-state index contributed by atoms with van der Waals surface area (Å²) in [7, 11) is 1.61. The van der Waals surface area contributed by atoms with Crippen molar-refractivity contribution in [3.8, 4) is 17.2 Å². The molecule has 2 aromatic rings. The van der Waals surface area contributed by atoms with Crippen molar-refractivity contribution in [2.45, 2.75) is 51.9 Å². The Balaban J connectivity index is 1.71. The van der Waals surface area contributed by atoms with Crippen molar-refractivity contribution in [2.75, 3.05) is 7.11 Å². The maximum atomic E-state index is 12.7. The largest absolute Gasteiger partial charge is 0.497 e. The SMILES string of the molecule is COc1ccc(O[C@@H](C)C(=O)N[C@H]2CC(C)(C)Oc3cc(C)ccc32)cc1. The number of benzene rings is 2. The summed E-state index contributed by atoms with van der Waals surface area (Å²) in [5, 5.41) is 3.12. The number of hydrogen-bond donors (Lipinski definition) is 1. The summed E-state index contributed by atoms with van der Waals surface area (Å²) < 4.78 is 17.0. The van der Waals surface area contributed by atoms with E-state index in [9.17, 15) is 4.79 Å². The first kappa shape index (κ1) is 19.1. The molecular formula is C22H27NO4. The van der Waals surface area contributed by atoms with Gasteiger partial charge in [-0.2, -0.15) is 0 Å². The molecule has 0 unspecified atom stereocenters. The van der Waals surface area contributed by atoms with Gasteiger partial charge in [-0.1, -0.05) is 12.1 Å². The Bertz CT molecular complexity index is 814. The van der Waals surface area contributed by atoms with Gasteiger partial charge in [-0.05, 0) is 63.6 Å². The van der Waals surface area contributed by atoms with Gasteiger partial charge >= 0.3 is 0 Å². The minimum absolute atomic E-state index is 0.112. The first-order chi connectivity index (χ1) is 12.8. The van der Waals surface area contributed by atoms with Crippen LogP contribution in [0.15, 0.2) is 42.5 Å². The predicted octanol–water partition coefficient (Wildman–Crippen LogP) is 4.19. The molecule has 1 heterocycles. The highest BCUT2D eigenvalue weighted by Crippen LogP contribution is 2.39. The maximum absolute atomic E-state index is 12.7. The molecule has 2 atom stereocenters. The molecule has 1 amide bonds. The van der Waals surface area contributed by atoms with Crippen LogP contribution < -0.4 is 19.5 Å². The second-order valence-electron chi connectivity index (χ2n) is 7.60. The van der Waals surface area contributed by atoms with Gasteiger partial charge in [0.15, 0.2) is 6.10 Å². The van der Waals surface area contributed by atoms with Crippen molar-refractivity contribution < 1.29 is 19.0 Å². The molecule has 1 aliphatic rings. The third-order valence-electron chi connectivity index (χ3n) is 4.68. The Morgan fingerprint density at radius 2 is 1.85 bits per heavy atom. The highest BCUT2D eigenvalue weighted by atomic mass is 16.5. The molecule has 1 N–H and O–H groups in total. The van der Waals surface area contributed by atoms with Crippen LogP contribution in [0.4, 0.5) is 0 Å². The first-order valence-corrected chi connectivity index (χ1v) is 9.18. The second kappa shape index (κ2) is 7.51. The van der Waals surface area contributed by atoms with E-state index in [0.29, 0.717) is 12.2 Å².